The third kappa shape index (κ3) is 7.29. The highest BCUT2D eigenvalue weighted by molar-refractivity contribution is 7.13. The summed E-state index contributed by atoms with van der Waals surface area (Å²) < 4.78 is 23.9. The zero-order valence-corrected chi connectivity index (χ0v) is 24.3. The van der Waals surface area contributed by atoms with Crippen molar-refractivity contribution in [2.75, 3.05) is 20.3 Å². The number of thiophene rings is 1. The van der Waals surface area contributed by atoms with Crippen LogP contribution >= 0.6 is 22.9 Å². The van der Waals surface area contributed by atoms with Gasteiger partial charge < -0.3 is 18.6 Å². The highest BCUT2D eigenvalue weighted by atomic mass is 35.5. The molecule has 5 atom stereocenters. The van der Waals surface area contributed by atoms with Crippen LogP contribution in [0.25, 0.3) is 0 Å². The van der Waals surface area contributed by atoms with Crippen LogP contribution in [-0.4, -0.2) is 52.4 Å². The van der Waals surface area contributed by atoms with E-state index in [0.29, 0.717) is 17.4 Å². The van der Waals surface area contributed by atoms with Gasteiger partial charge in [0.15, 0.2) is 14.6 Å². The third-order valence-electron chi connectivity index (χ3n) is 7.87. The van der Waals surface area contributed by atoms with E-state index in [1.165, 1.54) is 23.3 Å². The minimum atomic E-state index is -1.87. The number of aryl methyl sites for hydroxylation is 1. The van der Waals surface area contributed by atoms with Gasteiger partial charge in [-0.2, -0.15) is 0 Å². The molecular formula is C26H43ClO5SSi. The van der Waals surface area contributed by atoms with Gasteiger partial charge in [-0.1, -0.05) is 20.8 Å². The molecule has 0 spiro atoms. The van der Waals surface area contributed by atoms with Crippen molar-refractivity contribution < 1.29 is 23.4 Å². The van der Waals surface area contributed by atoms with Gasteiger partial charge in [-0.25, -0.2) is 4.79 Å². The molecule has 0 amide bonds. The van der Waals surface area contributed by atoms with Crippen LogP contribution in [-0.2, 0) is 25.1 Å². The van der Waals surface area contributed by atoms with E-state index >= 15 is 0 Å². The van der Waals surface area contributed by atoms with Gasteiger partial charge >= 0.3 is 5.97 Å². The number of esters is 1. The monoisotopic (exact) mass is 530 g/mol. The zero-order chi connectivity index (χ0) is 24.9. The Labute approximate surface area is 216 Å². The number of methoxy groups -OCH3 is 1. The van der Waals surface area contributed by atoms with Gasteiger partial charge in [0.2, 0.25) is 0 Å². The molecule has 2 fully saturated rings. The lowest BCUT2D eigenvalue weighted by Gasteiger charge is -2.39. The molecule has 1 aromatic heterocycles. The Bertz CT molecular complexity index is 786. The maximum atomic E-state index is 11.8. The number of hydrogen-bond acceptors (Lipinski definition) is 6. The van der Waals surface area contributed by atoms with Crippen molar-refractivity contribution in [3.63, 3.8) is 0 Å². The standard InChI is InChI=1S/C26H43ClO5SSi/c1-26(2,3)34(5,6)31-17-20-19(11-9-10-18-13-14-23(33-18)25(28)29-4)21(27)16-22(20)32-24-12-7-8-15-30-24/h13-14,19-22,24H,7-12,15-17H2,1-6H3/t19-,20-,21-,22-,24?/m1/s1. The minimum Gasteiger partial charge on any atom is -0.465 e. The first-order valence-corrected chi connectivity index (χ1v) is 16.9. The Morgan fingerprint density at radius 1 is 1.24 bits per heavy atom. The van der Waals surface area contributed by atoms with Gasteiger partial charge in [0.25, 0.3) is 0 Å². The molecule has 1 unspecified atom stereocenters. The van der Waals surface area contributed by atoms with Crippen molar-refractivity contribution in [3.8, 4) is 0 Å². The average Bonchev–Trinajstić information content (AvgIpc) is 3.36. The number of alkyl halides is 1. The molecule has 8 heteroatoms. The average molecular weight is 531 g/mol. The predicted octanol–water partition coefficient (Wildman–Crippen LogP) is 7.03. The molecule has 1 aliphatic carbocycles. The lowest BCUT2D eigenvalue weighted by atomic mass is 9.90. The topological polar surface area (TPSA) is 54.0 Å². The van der Waals surface area contributed by atoms with Crippen molar-refractivity contribution in [1.29, 1.82) is 0 Å². The first kappa shape index (κ1) is 28.1. The summed E-state index contributed by atoms with van der Waals surface area (Å²) in [4.78, 5) is 13.6. The van der Waals surface area contributed by atoms with E-state index in [9.17, 15) is 4.79 Å². The molecule has 0 bridgehead atoms. The van der Waals surface area contributed by atoms with E-state index in [1.807, 2.05) is 12.1 Å². The van der Waals surface area contributed by atoms with Crippen molar-refractivity contribution in [2.24, 2.45) is 11.8 Å². The summed E-state index contributed by atoms with van der Waals surface area (Å²) in [5.74, 6) is 0.358. The van der Waals surface area contributed by atoms with Crippen molar-refractivity contribution in [3.05, 3.63) is 21.9 Å². The van der Waals surface area contributed by atoms with Crippen molar-refractivity contribution >= 4 is 37.2 Å². The van der Waals surface area contributed by atoms with E-state index in [1.54, 1.807) is 0 Å². The van der Waals surface area contributed by atoms with Crippen LogP contribution in [0.15, 0.2) is 12.1 Å². The molecule has 1 aliphatic heterocycles. The predicted molar refractivity (Wildman–Crippen MR) is 141 cm³/mol. The Morgan fingerprint density at radius 3 is 2.65 bits per heavy atom. The summed E-state index contributed by atoms with van der Waals surface area (Å²) in [5, 5.41) is 0.247. The molecule has 34 heavy (non-hydrogen) atoms. The number of carbonyl (C=O) groups is 1. The van der Waals surface area contributed by atoms with Crippen LogP contribution in [0.1, 0.15) is 73.8 Å². The van der Waals surface area contributed by atoms with E-state index in [4.69, 9.17) is 30.2 Å². The first-order chi connectivity index (χ1) is 16.0. The lowest BCUT2D eigenvalue weighted by molar-refractivity contribution is -0.197. The summed E-state index contributed by atoms with van der Waals surface area (Å²) in [6.07, 6.45) is 7.04. The molecule has 5 nitrogen and oxygen atoms in total. The van der Waals surface area contributed by atoms with Crippen LogP contribution < -0.4 is 0 Å². The van der Waals surface area contributed by atoms with E-state index in [0.717, 1.165) is 51.6 Å². The fourth-order valence-electron chi connectivity index (χ4n) is 4.67. The number of halogens is 1. The second kappa shape index (κ2) is 12.2. The Morgan fingerprint density at radius 2 is 2.00 bits per heavy atom. The van der Waals surface area contributed by atoms with E-state index < -0.39 is 8.32 Å². The molecule has 0 aromatic carbocycles. The lowest BCUT2D eigenvalue weighted by Crippen LogP contribution is -2.44. The van der Waals surface area contributed by atoms with E-state index in [2.05, 4.69) is 33.9 Å². The molecular weight excluding hydrogens is 488 g/mol. The van der Waals surface area contributed by atoms with Crippen LogP contribution in [0.2, 0.25) is 18.1 Å². The maximum absolute atomic E-state index is 11.8. The fraction of sp³-hybridized carbons (Fsp3) is 0.808. The molecule has 1 aromatic rings. The fourth-order valence-corrected chi connectivity index (χ4v) is 7.17. The van der Waals surface area contributed by atoms with Gasteiger partial charge in [-0.3, -0.25) is 0 Å². The van der Waals surface area contributed by atoms with Crippen LogP contribution in [0.4, 0.5) is 0 Å². The Hall–Kier alpha value is -0.443. The second-order valence-electron chi connectivity index (χ2n) is 11.3. The molecule has 0 N–H and O–H groups in total. The van der Waals surface area contributed by atoms with Gasteiger partial charge in [-0.05, 0) is 81.1 Å². The summed E-state index contributed by atoms with van der Waals surface area (Å²) in [6.45, 7) is 12.9. The quantitative estimate of drug-likeness (QED) is 0.184. The molecule has 194 valence electrons. The number of carbonyl (C=O) groups excluding carboxylic acids is 1. The number of rotatable bonds is 10. The molecule has 0 radical (unpaired) electrons. The Kier molecular flexibility index (Phi) is 10.1. The van der Waals surface area contributed by atoms with Crippen molar-refractivity contribution in [1.82, 2.24) is 0 Å². The summed E-state index contributed by atoms with van der Waals surface area (Å²) >= 11 is 8.47. The zero-order valence-electron chi connectivity index (χ0n) is 21.7. The molecule has 2 aliphatic rings. The Balaban J connectivity index is 1.64. The number of ether oxygens (including phenoxy) is 3. The summed E-state index contributed by atoms with van der Waals surface area (Å²) in [7, 11) is -0.452. The van der Waals surface area contributed by atoms with Crippen LogP contribution in [0.5, 0.6) is 0 Å². The molecule has 2 heterocycles. The highest BCUT2D eigenvalue weighted by Crippen LogP contribution is 2.44. The summed E-state index contributed by atoms with van der Waals surface area (Å²) in [6, 6.07) is 3.89. The number of hydrogen-bond donors (Lipinski definition) is 0. The van der Waals surface area contributed by atoms with E-state index in [-0.39, 0.29) is 34.7 Å². The van der Waals surface area contributed by atoms with Gasteiger partial charge in [0.05, 0.1) is 13.2 Å². The maximum Gasteiger partial charge on any atom is 0.348 e. The van der Waals surface area contributed by atoms with Crippen LogP contribution in [0, 0.1) is 11.8 Å². The molecule has 1 saturated heterocycles. The molecule has 3 rings (SSSR count). The van der Waals surface area contributed by atoms with Crippen LogP contribution in [0.3, 0.4) is 0 Å². The SMILES string of the molecule is COC(=O)c1ccc(CCC[C@@H]2[C@@H](CO[Si](C)(C)C(C)(C)C)[C@H](OC3CCCCO3)C[C@H]2Cl)s1. The van der Waals surface area contributed by atoms with Gasteiger partial charge in [0, 0.05) is 29.4 Å². The smallest absolute Gasteiger partial charge is 0.348 e. The van der Waals surface area contributed by atoms with Crippen molar-refractivity contribution in [2.45, 2.75) is 102 Å². The van der Waals surface area contributed by atoms with Gasteiger partial charge in [0.1, 0.15) is 4.88 Å². The minimum absolute atomic E-state index is 0.0769. The normalized spacial score (nSPS) is 28.3. The summed E-state index contributed by atoms with van der Waals surface area (Å²) in [5.41, 5.74) is 0. The molecule has 1 saturated carbocycles. The highest BCUT2D eigenvalue weighted by Gasteiger charge is 2.46. The first-order valence-electron chi connectivity index (χ1n) is 12.7. The largest absolute Gasteiger partial charge is 0.465 e. The van der Waals surface area contributed by atoms with Gasteiger partial charge in [-0.15, -0.1) is 22.9 Å². The second-order valence-corrected chi connectivity index (χ2v) is 17.8. The third-order valence-corrected chi connectivity index (χ3v) is 14.0.